The fourth-order valence-electron chi connectivity index (χ4n) is 1.69. The maximum Gasteiger partial charge on any atom is 0.135 e. The molecule has 0 aliphatic heterocycles. The van der Waals surface area contributed by atoms with E-state index in [-0.39, 0.29) is 0 Å². The summed E-state index contributed by atoms with van der Waals surface area (Å²) in [6.07, 6.45) is 0. The zero-order chi connectivity index (χ0) is 13.1. The monoisotopic (exact) mass is 326 g/mol. The van der Waals surface area contributed by atoms with Crippen LogP contribution in [0.3, 0.4) is 0 Å². The first-order valence-electron chi connectivity index (χ1n) is 5.60. The molecule has 0 saturated carbocycles. The van der Waals surface area contributed by atoms with Crippen molar-refractivity contribution >= 4 is 33.0 Å². The number of halogens is 1. The molecule has 0 spiro atoms. The van der Waals surface area contributed by atoms with E-state index < -0.39 is 0 Å². The molecule has 0 fully saturated rings. The summed E-state index contributed by atoms with van der Waals surface area (Å²) in [5.41, 5.74) is 2.15. The molecule has 1 aromatic heterocycles. The van der Waals surface area contributed by atoms with Gasteiger partial charge in [-0.1, -0.05) is 0 Å². The second-order valence-corrected chi connectivity index (χ2v) is 6.09. The third kappa shape index (κ3) is 3.03. The molecule has 2 aromatic rings. The van der Waals surface area contributed by atoms with Gasteiger partial charge in [-0.05, 0) is 41.9 Å². The molecule has 0 atom stereocenters. The van der Waals surface area contributed by atoms with Crippen LogP contribution < -0.4 is 10.1 Å². The first-order valence-corrected chi connectivity index (χ1v) is 7.21. The SMILES string of the molecule is COc1cc(NCc2sc(C)nc2C)ccc1Br. The zero-order valence-corrected chi connectivity index (χ0v) is 13.0. The number of hydrogen-bond donors (Lipinski definition) is 1. The maximum atomic E-state index is 5.27. The predicted octanol–water partition coefficient (Wildman–Crippen LogP) is 4.14. The Morgan fingerprint density at radius 3 is 2.78 bits per heavy atom. The summed E-state index contributed by atoms with van der Waals surface area (Å²) in [4.78, 5) is 5.69. The normalized spacial score (nSPS) is 10.4. The molecule has 0 unspecified atom stereocenters. The van der Waals surface area contributed by atoms with Crippen LogP contribution in [-0.4, -0.2) is 12.1 Å². The minimum absolute atomic E-state index is 0.794. The van der Waals surface area contributed by atoms with Gasteiger partial charge in [-0.15, -0.1) is 11.3 Å². The smallest absolute Gasteiger partial charge is 0.135 e. The molecule has 96 valence electrons. The van der Waals surface area contributed by atoms with Crippen LogP contribution in [0.1, 0.15) is 15.6 Å². The van der Waals surface area contributed by atoms with Crippen molar-refractivity contribution in [1.29, 1.82) is 0 Å². The Kier molecular flexibility index (Phi) is 4.24. The van der Waals surface area contributed by atoms with Gasteiger partial charge in [0.15, 0.2) is 0 Å². The topological polar surface area (TPSA) is 34.1 Å². The largest absolute Gasteiger partial charge is 0.495 e. The lowest BCUT2D eigenvalue weighted by atomic mass is 10.3. The van der Waals surface area contributed by atoms with Crippen molar-refractivity contribution in [3.05, 3.63) is 38.3 Å². The molecule has 0 aliphatic carbocycles. The van der Waals surface area contributed by atoms with E-state index in [4.69, 9.17) is 4.74 Å². The number of rotatable bonds is 4. The molecule has 18 heavy (non-hydrogen) atoms. The van der Waals surface area contributed by atoms with Crippen LogP contribution in [0.2, 0.25) is 0 Å². The van der Waals surface area contributed by atoms with E-state index in [0.717, 1.165) is 33.2 Å². The minimum Gasteiger partial charge on any atom is -0.495 e. The highest BCUT2D eigenvalue weighted by Gasteiger charge is 2.05. The van der Waals surface area contributed by atoms with Gasteiger partial charge in [-0.25, -0.2) is 4.98 Å². The molecule has 1 aromatic carbocycles. The summed E-state index contributed by atoms with van der Waals surface area (Å²) in [5.74, 6) is 0.831. The van der Waals surface area contributed by atoms with Crippen molar-refractivity contribution in [2.75, 3.05) is 12.4 Å². The van der Waals surface area contributed by atoms with Gasteiger partial charge in [-0.2, -0.15) is 0 Å². The fourth-order valence-corrected chi connectivity index (χ4v) is 2.97. The summed E-state index contributed by atoms with van der Waals surface area (Å²) in [7, 11) is 1.67. The van der Waals surface area contributed by atoms with Crippen molar-refractivity contribution in [2.24, 2.45) is 0 Å². The van der Waals surface area contributed by atoms with Gasteiger partial charge >= 0.3 is 0 Å². The van der Waals surface area contributed by atoms with Crippen LogP contribution in [0, 0.1) is 13.8 Å². The number of benzene rings is 1. The van der Waals surface area contributed by atoms with E-state index in [9.17, 15) is 0 Å². The van der Waals surface area contributed by atoms with Crippen molar-refractivity contribution in [2.45, 2.75) is 20.4 Å². The summed E-state index contributed by atoms with van der Waals surface area (Å²) in [6, 6.07) is 5.98. The molecular weight excluding hydrogens is 312 g/mol. The van der Waals surface area contributed by atoms with E-state index in [1.807, 2.05) is 32.0 Å². The molecule has 0 bridgehead atoms. The van der Waals surface area contributed by atoms with Crippen LogP contribution >= 0.6 is 27.3 Å². The minimum atomic E-state index is 0.794. The first kappa shape index (κ1) is 13.4. The highest BCUT2D eigenvalue weighted by atomic mass is 79.9. The molecule has 0 saturated heterocycles. The number of nitrogens with zero attached hydrogens (tertiary/aromatic N) is 1. The quantitative estimate of drug-likeness (QED) is 0.916. The van der Waals surface area contributed by atoms with Gasteiger partial charge in [-0.3, -0.25) is 0 Å². The average Bonchev–Trinajstić information content (AvgIpc) is 2.67. The second-order valence-electron chi connectivity index (χ2n) is 3.94. The van der Waals surface area contributed by atoms with Gasteiger partial charge in [0.05, 0.1) is 28.8 Å². The van der Waals surface area contributed by atoms with Crippen LogP contribution in [0.5, 0.6) is 5.75 Å². The maximum absolute atomic E-state index is 5.27. The molecule has 1 N–H and O–H groups in total. The van der Waals surface area contributed by atoms with Crippen LogP contribution in [-0.2, 0) is 6.54 Å². The number of aromatic nitrogens is 1. The Balaban J connectivity index is 2.08. The molecule has 0 aliphatic rings. The first-order chi connectivity index (χ1) is 8.60. The van der Waals surface area contributed by atoms with Crippen LogP contribution in [0.25, 0.3) is 0 Å². The van der Waals surface area contributed by atoms with Gasteiger partial charge in [0.25, 0.3) is 0 Å². The van der Waals surface area contributed by atoms with Crippen molar-refractivity contribution in [3.8, 4) is 5.75 Å². The Bertz CT molecular complexity index is 554. The Labute approximate surface area is 119 Å². The predicted molar refractivity (Wildman–Crippen MR) is 79.6 cm³/mol. The molecule has 3 nitrogen and oxygen atoms in total. The second kappa shape index (κ2) is 5.71. The third-order valence-corrected chi connectivity index (χ3v) is 4.33. The van der Waals surface area contributed by atoms with E-state index in [2.05, 4.69) is 26.2 Å². The number of nitrogens with one attached hydrogen (secondary N) is 1. The molecular formula is C13H15BrN2OS. The number of aryl methyl sites for hydroxylation is 2. The number of thiazole rings is 1. The summed E-state index contributed by atoms with van der Waals surface area (Å²) in [5, 5.41) is 4.50. The average molecular weight is 327 g/mol. The lowest BCUT2D eigenvalue weighted by Gasteiger charge is -2.08. The Hall–Kier alpha value is -1.07. The Morgan fingerprint density at radius 2 is 2.17 bits per heavy atom. The van der Waals surface area contributed by atoms with Gasteiger partial charge in [0.1, 0.15) is 5.75 Å². The molecule has 2 rings (SSSR count). The number of ether oxygens (including phenoxy) is 1. The van der Waals surface area contributed by atoms with Crippen LogP contribution in [0.4, 0.5) is 5.69 Å². The highest BCUT2D eigenvalue weighted by Crippen LogP contribution is 2.28. The standard InChI is InChI=1S/C13H15BrN2OS/c1-8-13(18-9(2)16-8)7-15-10-4-5-11(14)12(6-10)17-3/h4-6,15H,7H2,1-3H3. The van der Waals surface area contributed by atoms with Gasteiger partial charge in [0.2, 0.25) is 0 Å². The van der Waals surface area contributed by atoms with Crippen molar-refractivity contribution < 1.29 is 4.74 Å². The Morgan fingerprint density at radius 1 is 1.39 bits per heavy atom. The molecule has 5 heteroatoms. The van der Waals surface area contributed by atoms with Crippen molar-refractivity contribution in [1.82, 2.24) is 4.98 Å². The summed E-state index contributed by atoms with van der Waals surface area (Å²) >= 11 is 5.17. The van der Waals surface area contributed by atoms with Gasteiger partial charge < -0.3 is 10.1 Å². The molecule has 0 radical (unpaired) electrons. The summed E-state index contributed by atoms with van der Waals surface area (Å²) < 4.78 is 6.23. The highest BCUT2D eigenvalue weighted by molar-refractivity contribution is 9.10. The lowest BCUT2D eigenvalue weighted by molar-refractivity contribution is 0.412. The third-order valence-electron chi connectivity index (χ3n) is 2.60. The lowest BCUT2D eigenvalue weighted by Crippen LogP contribution is -1.99. The van der Waals surface area contributed by atoms with Crippen LogP contribution in [0.15, 0.2) is 22.7 Å². The number of anilines is 1. The van der Waals surface area contributed by atoms with E-state index in [0.29, 0.717) is 0 Å². The van der Waals surface area contributed by atoms with E-state index in [1.54, 1.807) is 18.4 Å². The molecule has 0 amide bonds. The fraction of sp³-hybridized carbons (Fsp3) is 0.308. The summed E-state index contributed by atoms with van der Waals surface area (Å²) in [6.45, 7) is 4.87. The van der Waals surface area contributed by atoms with Crippen molar-refractivity contribution in [3.63, 3.8) is 0 Å². The van der Waals surface area contributed by atoms with E-state index in [1.165, 1.54) is 4.88 Å². The molecule has 1 heterocycles. The van der Waals surface area contributed by atoms with Gasteiger partial charge in [0, 0.05) is 16.6 Å². The number of hydrogen-bond acceptors (Lipinski definition) is 4. The zero-order valence-electron chi connectivity index (χ0n) is 10.6. The number of methoxy groups -OCH3 is 1. The van der Waals surface area contributed by atoms with E-state index >= 15 is 0 Å².